The molecule has 1 amide bonds. The summed E-state index contributed by atoms with van der Waals surface area (Å²) in [6, 6.07) is -0.191. The minimum Gasteiger partial charge on any atom is -0.382 e. The van der Waals surface area contributed by atoms with Crippen LogP contribution in [0.5, 0.6) is 0 Å². The van der Waals surface area contributed by atoms with Gasteiger partial charge in [0.2, 0.25) is 0 Å². The summed E-state index contributed by atoms with van der Waals surface area (Å²) >= 11 is 0. The minimum absolute atomic E-state index is 0.262. The summed E-state index contributed by atoms with van der Waals surface area (Å²) in [6.07, 6.45) is 2.82. The molecule has 1 fully saturated rings. The summed E-state index contributed by atoms with van der Waals surface area (Å²) in [4.78, 5) is 11.5. The lowest BCUT2D eigenvalue weighted by molar-refractivity contribution is -0.131. The number of carbonyl (C=O) groups excluding carboxylic acids is 1. The Morgan fingerprint density at radius 2 is 2.13 bits per heavy atom. The zero-order valence-electron chi connectivity index (χ0n) is 9.57. The van der Waals surface area contributed by atoms with Gasteiger partial charge in [-0.05, 0) is 31.6 Å². The Balaban J connectivity index is 2.30. The number of rotatable bonds is 5. The molecule has 0 spiro atoms. The van der Waals surface area contributed by atoms with Crippen molar-refractivity contribution in [3.05, 3.63) is 0 Å². The quantitative estimate of drug-likeness (QED) is 0.619. The molecule has 0 aliphatic heterocycles. The highest BCUT2D eigenvalue weighted by Crippen LogP contribution is 2.18. The molecule has 2 unspecified atom stereocenters. The Morgan fingerprint density at radius 1 is 1.53 bits per heavy atom. The van der Waals surface area contributed by atoms with Crippen molar-refractivity contribution in [2.75, 3.05) is 0 Å². The molecule has 1 aliphatic rings. The fraction of sp³-hybridized carbons (Fsp3) is 0.909. The molecule has 0 aromatic rings. The molecule has 0 aromatic carbocycles. The lowest BCUT2D eigenvalue weighted by atomic mass is 9.92. The Bertz CT molecular complexity index is 215. The van der Waals surface area contributed by atoms with Gasteiger partial charge in [-0.2, -0.15) is 0 Å². The zero-order valence-corrected chi connectivity index (χ0v) is 9.57. The average molecular weight is 214 g/mol. The molecule has 1 rings (SSSR count). The standard InChI is InChI=1S/C11H22N2O2/c1-7(2)6-9(12)10(14)11(15)13-8-4-3-5-8/h7-10,14H,3-6,12H2,1-2H3,(H,13,15). The number of nitrogens with one attached hydrogen (secondary N) is 1. The SMILES string of the molecule is CC(C)CC(N)C(O)C(=O)NC1CCC1. The van der Waals surface area contributed by atoms with E-state index in [0.717, 1.165) is 12.8 Å². The number of carbonyl (C=O) groups is 1. The van der Waals surface area contributed by atoms with Crippen LogP contribution in [0.1, 0.15) is 39.5 Å². The lowest BCUT2D eigenvalue weighted by Gasteiger charge is -2.29. The molecule has 4 heteroatoms. The number of amides is 1. The lowest BCUT2D eigenvalue weighted by Crippen LogP contribution is -2.51. The highest BCUT2D eigenvalue weighted by molar-refractivity contribution is 5.81. The fourth-order valence-corrected chi connectivity index (χ4v) is 1.71. The van der Waals surface area contributed by atoms with Crippen LogP contribution in [0.4, 0.5) is 0 Å². The molecule has 1 saturated carbocycles. The van der Waals surface area contributed by atoms with Crippen LogP contribution in [-0.2, 0) is 4.79 Å². The predicted octanol–water partition coefficient (Wildman–Crippen LogP) is 0.389. The second kappa shape index (κ2) is 5.47. The van der Waals surface area contributed by atoms with Gasteiger partial charge in [-0.3, -0.25) is 4.79 Å². The molecule has 0 aromatic heterocycles. The largest absolute Gasteiger partial charge is 0.382 e. The van der Waals surface area contributed by atoms with E-state index >= 15 is 0 Å². The first-order chi connectivity index (χ1) is 7.00. The molecular weight excluding hydrogens is 192 g/mol. The third-order valence-corrected chi connectivity index (χ3v) is 2.87. The van der Waals surface area contributed by atoms with Gasteiger partial charge in [0.25, 0.3) is 5.91 Å². The van der Waals surface area contributed by atoms with Gasteiger partial charge in [0.1, 0.15) is 6.10 Å². The Morgan fingerprint density at radius 3 is 2.53 bits per heavy atom. The second-order valence-electron chi connectivity index (χ2n) is 4.87. The van der Waals surface area contributed by atoms with Crippen molar-refractivity contribution in [2.45, 2.75) is 57.7 Å². The summed E-state index contributed by atoms with van der Waals surface area (Å²) in [7, 11) is 0. The molecule has 88 valence electrons. The van der Waals surface area contributed by atoms with E-state index < -0.39 is 12.1 Å². The maximum atomic E-state index is 11.5. The van der Waals surface area contributed by atoms with Crippen LogP contribution < -0.4 is 11.1 Å². The van der Waals surface area contributed by atoms with Crippen molar-refractivity contribution in [1.82, 2.24) is 5.32 Å². The Kier molecular flexibility index (Phi) is 4.54. The first-order valence-corrected chi connectivity index (χ1v) is 5.74. The first kappa shape index (κ1) is 12.5. The van der Waals surface area contributed by atoms with E-state index in [-0.39, 0.29) is 11.9 Å². The Hall–Kier alpha value is -0.610. The van der Waals surface area contributed by atoms with Crippen LogP contribution in [0, 0.1) is 5.92 Å². The average Bonchev–Trinajstić information content (AvgIpc) is 2.08. The third kappa shape index (κ3) is 3.80. The van der Waals surface area contributed by atoms with Crippen LogP contribution in [-0.4, -0.2) is 29.2 Å². The highest BCUT2D eigenvalue weighted by atomic mass is 16.3. The number of aliphatic hydroxyl groups excluding tert-OH is 1. The third-order valence-electron chi connectivity index (χ3n) is 2.87. The molecule has 4 N–H and O–H groups in total. The minimum atomic E-state index is -1.06. The van der Waals surface area contributed by atoms with Crippen molar-refractivity contribution in [2.24, 2.45) is 11.7 Å². The van der Waals surface area contributed by atoms with E-state index in [9.17, 15) is 9.90 Å². The smallest absolute Gasteiger partial charge is 0.250 e. The fourth-order valence-electron chi connectivity index (χ4n) is 1.71. The van der Waals surface area contributed by atoms with Gasteiger partial charge >= 0.3 is 0 Å². The van der Waals surface area contributed by atoms with Gasteiger partial charge < -0.3 is 16.2 Å². The van der Waals surface area contributed by atoms with Crippen molar-refractivity contribution in [3.63, 3.8) is 0 Å². The monoisotopic (exact) mass is 214 g/mol. The van der Waals surface area contributed by atoms with Gasteiger partial charge in [0, 0.05) is 12.1 Å². The van der Waals surface area contributed by atoms with Crippen LogP contribution in [0.3, 0.4) is 0 Å². The Labute approximate surface area is 91.2 Å². The molecule has 2 atom stereocenters. The highest BCUT2D eigenvalue weighted by Gasteiger charge is 2.27. The number of hydrogen-bond acceptors (Lipinski definition) is 3. The van der Waals surface area contributed by atoms with Crippen LogP contribution in [0.25, 0.3) is 0 Å². The van der Waals surface area contributed by atoms with E-state index in [2.05, 4.69) is 5.32 Å². The molecule has 0 heterocycles. The summed E-state index contributed by atoms with van der Waals surface area (Å²) in [5, 5.41) is 12.5. The summed E-state index contributed by atoms with van der Waals surface area (Å²) in [5.74, 6) is 0.0824. The van der Waals surface area contributed by atoms with Crippen LogP contribution >= 0.6 is 0 Å². The van der Waals surface area contributed by atoms with E-state index in [4.69, 9.17) is 5.73 Å². The topological polar surface area (TPSA) is 75.3 Å². The molecular formula is C11H22N2O2. The van der Waals surface area contributed by atoms with Crippen LogP contribution in [0.2, 0.25) is 0 Å². The van der Waals surface area contributed by atoms with Gasteiger partial charge in [-0.25, -0.2) is 0 Å². The predicted molar refractivity (Wildman–Crippen MR) is 59.2 cm³/mol. The van der Waals surface area contributed by atoms with Gasteiger partial charge in [0.05, 0.1) is 0 Å². The molecule has 15 heavy (non-hydrogen) atoms. The summed E-state index contributed by atoms with van der Waals surface area (Å²) < 4.78 is 0. The van der Waals surface area contributed by atoms with Gasteiger partial charge in [-0.1, -0.05) is 13.8 Å². The van der Waals surface area contributed by atoms with Gasteiger partial charge in [-0.15, -0.1) is 0 Å². The molecule has 0 radical (unpaired) electrons. The first-order valence-electron chi connectivity index (χ1n) is 5.74. The zero-order chi connectivity index (χ0) is 11.4. The molecule has 4 nitrogen and oxygen atoms in total. The van der Waals surface area contributed by atoms with Crippen LogP contribution in [0.15, 0.2) is 0 Å². The van der Waals surface area contributed by atoms with E-state index in [0.29, 0.717) is 12.3 Å². The van der Waals surface area contributed by atoms with Gasteiger partial charge in [0.15, 0.2) is 0 Å². The number of aliphatic hydroxyl groups is 1. The summed E-state index contributed by atoms with van der Waals surface area (Å²) in [5.41, 5.74) is 5.74. The molecule has 0 bridgehead atoms. The van der Waals surface area contributed by atoms with Crippen molar-refractivity contribution in [3.8, 4) is 0 Å². The van der Waals surface area contributed by atoms with E-state index in [1.54, 1.807) is 0 Å². The second-order valence-corrected chi connectivity index (χ2v) is 4.87. The van der Waals surface area contributed by atoms with E-state index in [1.807, 2.05) is 13.8 Å². The maximum Gasteiger partial charge on any atom is 0.250 e. The van der Waals surface area contributed by atoms with Crippen molar-refractivity contribution in [1.29, 1.82) is 0 Å². The number of nitrogens with two attached hydrogens (primary N) is 1. The van der Waals surface area contributed by atoms with Crippen molar-refractivity contribution < 1.29 is 9.90 Å². The molecule has 0 saturated heterocycles. The van der Waals surface area contributed by atoms with Crippen molar-refractivity contribution >= 4 is 5.91 Å². The maximum absolute atomic E-state index is 11.5. The van der Waals surface area contributed by atoms with E-state index in [1.165, 1.54) is 6.42 Å². The number of hydrogen-bond donors (Lipinski definition) is 3. The molecule has 1 aliphatic carbocycles. The normalized spacial score (nSPS) is 20.9. The summed E-state index contributed by atoms with van der Waals surface area (Å²) in [6.45, 7) is 4.05.